The average Bonchev–Trinajstić information content (AvgIpc) is 2.92. The second kappa shape index (κ2) is 4.87. The van der Waals surface area contributed by atoms with Crippen LogP contribution in [0, 0.1) is 0 Å². The smallest absolute Gasteiger partial charge is 0.0946 e. The summed E-state index contributed by atoms with van der Waals surface area (Å²) in [6.07, 6.45) is 7.42. The Balaban J connectivity index is 1.74. The highest BCUT2D eigenvalue weighted by molar-refractivity contribution is 5.90. The zero-order valence-electron chi connectivity index (χ0n) is 9.95. The Hall–Kier alpha value is -2.36. The van der Waals surface area contributed by atoms with E-state index in [-0.39, 0.29) is 0 Å². The molecule has 0 aliphatic carbocycles. The summed E-state index contributed by atoms with van der Waals surface area (Å²) in [5.74, 6) is 0. The molecule has 0 amide bonds. The van der Waals surface area contributed by atoms with Gasteiger partial charge in [-0.25, -0.2) is 4.98 Å². The Labute approximate surface area is 105 Å². The predicted molar refractivity (Wildman–Crippen MR) is 72.5 cm³/mol. The summed E-state index contributed by atoms with van der Waals surface area (Å²) in [5, 5.41) is 4.60. The molecule has 0 bridgehead atoms. The molecule has 0 saturated heterocycles. The molecule has 0 aliphatic heterocycles. The van der Waals surface area contributed by atoms with Gasteiger partial charge in [0.25, 0.3) is 0 Å². The van der Waals surface area contributed by atoms with E-state index < -0.39 is 0 Å². The number of nitrogens with one attached hydrogen (secondary N) is 1. The minimum atomic E-state index is 0.865. The Bertz CT molecular complexity index is 626. The molecule has 90 valence electrons. The summed E-state index contributed by atoms with van der Waals surface area (Å²) in [4.78, 5) is 8.37. The van der Waals surface area contributed by atoms with E-state index in [0.29, 0.717) is 0 Å². The van der Waals surface area contributed by atoms with Crippen LogP contribution in [0.1, 0.15) is 0 Å². The Kier molecular flexibility index (Phi) is 2.92. The maximum Gasteiger partial charge on any atom is 0.0946 e. The van der Waals surface area contributed by atoms with Gasteiger partial charge in [-0.05, 0) is 12.1 Å². The summed E-state index contributed by atoms with van der Waals surface area (Å²) in [5.41, 5.74) is 2.14. The molecule has 1 aromatic carbocycles. The third-order valence-electron chi connectivity index (χ3n) is 2.89. The number of hydrogen-bond donors (Lipinski definition) is 1. The second-order valence-corrected chi connectivity index (χ2v) is 4.10. The fourth-order valence-corrected chi connectivity index (χ4v) is 1.99. The zero-order chi connectivity index (χ0) is 12.2. The lowest BCUT2D eigenvalue weighted by molar-refractivity contribution is 0.727. The van der Waals surface area contributed by atoms with Crippen LogP contribution in [0.15, 0.2) is 55.2 Å². The number of aromatic nitrogens is 3. The molecule has 0 saturated carbocycles. The van der Waals surface area contributed by atoms with E-state index in [1.165, 1.54) is 0 Å². The number of hydrogen-bond acceptors (Lipinski definition) is 3. The summed E-state index contributed by atoms with van der Waals surface area (Å²) in [6, 6.07) is 10.2. The van der Waals surface area contributed by atoms with Crippen LogP contribution < -0.4 is 5.32 Å². The summed E-state index contributed by atoms with van der Waals surface area (Å²) in [6.45, 7) is 1.76. The van der Waals surface area contributed by atoms with Gasteiger partial charge < -0.3 is 9.88 Å². The van der Waals surface area contributed by atoms with Crippen LogP contribution in [0.3, 0.4) is 0 Å². The first-order valence-corrected chi connectivity index (χ1v) is 5.97. The van der Waals surface area contributed by atoms with Gasteiger partial charge in [-0.3, -0.25) is 4.98 Å². The SMILES string of the molecule is c1ccc2c(NCCn3ccnc3)ccnc2c1. The third-order valence-corrected chi connectivity index (χ3v) is 2.89. The van der Waals surface area contributed by atoms with Gasteiger partial charge in [-0.2, -0.15) is 0 Å². The molecule has 0 unspecified atom stereocenters. The molecule has 2 aromatic heterocycles. The molecule has 1 N–H and O–H groups in total. The number of benzene rings is 1. The zero-order valence-corrected chi connectivity index (χ0v) is 9.95. The molecular formula is C14H14N4. The molecular weight excluding hydrogens is 224 g/mol. The van der Waals surface area contributed by atoms with Gasteiger partial charge in [0.1, 0.15) is 0 Å². The fraction of sp³-hybridized carbons (Fsp3) is 0.143. The molecule has 4 heteroatoms. The van der Waals surface area contributed by atoms with Crippen molar-refractivity contribution in [1.82, 2.24) is 14.5 Å². The van der Waals surface area contributed by atoms with Crippen LogP contribution in [0.2, 0.25) is 0 Å². The number of rotatable bonds is 4. The molecule has 0 spiro atoms. The maximum atomic E-state index is 4.34. The highest BCUT2D eigenvalue weighted by atomic mass is 15.0. The van der Waals surface area contributed by atoms with Crippen molar-refractivity contribution in [2.45, 2.75) is 6.54 Å². The van der Waals surface area contributed by atoms with Crippen molar-refractivity contribution in [3.8, 4) is 0 Å². The van der Waals surface area contributed by atoms with E-state index in [1.54, 1.807) is 6.20 Å². The van der Waals surface area contributed by atoms with E-state index in [2.05, 4.69) is 25.9 Å². The van der Waals surface area contributed by atoms with Gasteiger partial charge in [0.15, 0.2) is 0 Å². The molecule has 3 aromatic rings. The lowest BCUT2D eigenvalue weighted by Gasteiger charge is -2.09. The van der Waals surface area contributed by atoms with Gasteiger partial charge in [0.05, 0.1) is 11.8 Å². The fourth-order valence-electron chi connectivity index (χ4n) is 1.99. The van der Waals surface area contributed by atoms with E-state index in [9.17, 15) is 0 Å². The number of fused-ring (bicyclic) bond motifs is 1. The van der Waals surface area contributed by atoms with E-state index in [0.717, 1.165) is 29.7 Å². The van der Waals surface area contributed by atoms with Gasteiger partial charge in [0, 0.05) is 42.8 Å². The van der Waals surface area contributed by atoms with Crippen molar-refractivity contribution in [2.24, 2.45) is 0 Å². The molecule has 0 radical (unpaired) electrons. The van der Waals surface area contributed by atoms with Gasteiger partial charge in [-0.1, -0.05) is 18.2 Å². The van der Waals surface area contributed by atoms with Crippen LogP contribution in [0.25, 0.3) is 10.9 Å². The van der Waals surface area contributed by atoms with Crippen molar-refractivity contribution in [2.75, 3.05) is 11.9 Å². The first-order valence-electron chi connectivity index (χ1n) is 5.97. The summed E-state index contributed by atoms with van der Waals surface area (Å²) >= 11 is 0. The topological polar surface area (TPSA) is 42.7 Å². The van der Waals surface area contributed by atoms with E-state index >= 15 is 0 Å². The summed E-state index contributed by atoms with van der Waals surface area (Å²) in [7, 11) is 0. The summed E-state index contributed by atoms with van der Waals surface area (Å²) < 4.78 is 2.05. The van der Waals surface area contributed by atoms with Crippen LogP contribution in [-0.2, 0) is 6.54 Å². The Morgan fingerprint density at radius 1 is 1.11 bits per heavy atom. The number of anilines is 1. The molecule has 18 heavy (non-hydrogen) atoms. The molecule has 0 aliphatic rings. The van der Waals surface area contributed by atoms with E-state index in [4.69, 9.17) is 0 Å². The second-order valence-electron chi connectivity index (χ2n) is 4.10. The van der Waals surface area contributed by atoms with E-state index in [1.807, 2.05) is 43.0 Å². The normalized spacial score (nSPS) is 10.7. The predicted octanol–water partition coefficient (Wildman–Crippen LogP) is 2.54. The molecule has 4 nitrogen and oxygen atoms in total. The minimum Gasteiger partial charge on any atom is -0.383 e. The number of nitrogens with zero attached hydrogens (tertiary/aromatic N) is 3. The van der Waals surface area contributed by atoms with Crippen LogP contribution in [0.4, 0.5) is 5.69 Å². The Morgan fingerprint density at radius 2 is 2.06 bits per heavy atom. The molecule has 0 fully saturated rings. The average molecular weight is 238 g/mol. The van der Waals surface area contributed by atoms with Crippen molar-refractivity contribution >= 4 is 16.6 Å². The number of imidazole rings is 1. The van der Waals surface area contributed by atoms with Crippen molar-refractivity contribution in [3.63, 3.8) is 0 Å². The molecule has 2 heterocycles. The van der Waals surface area contributed by atoms with Gasteiger partial charge in [-0.15, -0.1) is 0 Å². The minimum absolute atomic E-state index is 0.865. The molecule has 3 rings (SSSR count). The monoisotopic (exact) mass is 238 g/mol. The first-order chi connectivity index (χ1) is 8.93. The number of para-hydroxylation sites is 1. The quantitative estimate of drug-likeness (QED) is 0.759. The van der Waals surface area contributed by atoms with Crippen molar-refractivity contribution in [3.05, 3.63) is 55.2 Å². The highest BCUT2D eigenvalue weighted by Crippen LogP contribution is 2.20. The van der Waals surface area contributed by atoms with Crippen LogP contribution in [-0.4, -0.2) is 21.1 Å². The molecule has 0 atom stereocenters. The lowest BCUT2D eigenvalue weighted by atomic mass is 10.2. The van der Waals surface area contributed by atoms with Crippen LogP contribution >= 0.6 is 0 Å². The first kappa shape index (κ1) is 10.8. The highest BCUT2D eigenvalue weighted by Gasteiger charge is 1.99. The standard InChI is InChI=1S/C14H14N4/c1-2-4-13-12(3-1)14(5-6-16-13)17-8-10-18-9-7-15-11-18/h1-7,9,11H,8,10H2,(H,16,17). The van der Waals surface area contributed by atoms with Gasteiger partial charge >= 0.3 is 0 Å². The Morgan fingerprint density at radius 3 is 2.94 bits per heavy atom. The maximum absolute atomic E-state index is 4.34. The van der Waals surface area contributed by atoms with Crippen molar-refractivity contribution < 1.29 is 0 Å². The van der Waals surface area contributed by atoms with Crippen LogP contribution in [0.5, 0.6) is 0 Å². The largest absolute Gasteiger partial charge is 0.383 e. The van der Waals surface area contributed by atoms with Gasteiger partial charge in [0.2, 0.25) is 0 Å². The lowest BCUT2D eigenvalue weighted by Crippen LogP contribution is -2.09. The third kappa shape index (κ3) is 2.18. The number of pyridine rings is 1. The van der Waals surface area contributed by atoms with Crippen molar-refractivity contribution in [1.29, 1.82) is 0 Å².